The molecule has 4 rings (SSSR count). The normalized spacial score (nSPS) is 25.7. The van der Waals surface area contributed by atoms with Gasteiger partial charge in [-0.2, -0.15) is 5.26 Å². The minimum Gasteiger partial charge on any atom is -0.368 e. The fourth-order valence-electron chi connectivity index (χ4n) is 4.80. The molecule has 1 aliphatic carbocycles. The van der Waals surface area contributed by atoms with E-state index in [1.807, 2.05) is 24.3 Å². The van der Waals surface area contributed by atoms with E-state index < -0.39 is 5.54 Å². The van der Waals surface area contributed by atoms with Gasteiger partial charge >= 0.3 is 0 Å². The molecule has 1 aliphatic heterocycles. The summed E-state index contributed by atoms with van der Waals surface area (Å²) in [5.41, 5.74) is 15.9. The number of fused-ring (bicyclic) bond motifs is 1. The molecule has 5 nitrogen and oxygen atoms in total. The summed E-state index contributed by atoms with van der Waals surface area (Å²) in [6.07, 6.45) is 2.51. The van der Waals surface area contributed by atoms with Gasteiger partial charge in [0.05, 0.1) is 11.6 Å². The number of nitriles is 1. The number of benzene rings is 2. The van der Waals surface area contributed by atoms with Crippen LogP contribution in [0.2, 0.25) is 0 Å². The highest BCUT2D eigenvalue weighted by atomic mass is 16.1. The topological polar surface area (TPSA) is 96.1 Å². The van der Waals surface area contributed by atoms with E-state index in [0.717, 1.165) is 37.9 Å². The quantitative estimate of drug-likeness (QED) is 0.874. The highest BCUT2D eigenvalue weighted by Gasteiger charge is 2.57. The monoisotopic (exact) mass is 360 g/mol. The Kier molecular flexibility index (Phi) is 4.47. The molecule has 1 amide bonds. The Bertz CT molecular complexity index is 919. The second-order valence-corrected chi connectivity index (χ2v) is 7.64. The summed E-state index contributed by atoms with van der Waals surface area (Å²) >= 11 is 0. The first-order valence-electron chi connectivity index (χ1n) is 9.43. The number of carbonyl (C=O) groups excluding carboxylic acids is 1. The number of carbonyl (C=O) groups is 1. The van der Waals surface area contributed by atoms with Crippen LogP contribution in [0.25, 0.3) is 0 Å². The second kappa shape index (κ2) is 6.80. The van der Waals surface area contributed by atoms with Crippen molar-refractivity contribution in [2.24, 2.45) is 17.4 Å². The van der Waals surface area contributed by atoms with Crippen molar-refractivity contribution in [1.82, 2.24) is 4.90 Å². The molecule has 1 heterocycles. The number of hydrogen-bond donors (Lipinski definition) is 2. The second-order valence-electron chi connectivity index (χ2n) is 7.64. The van der Waals surface area contributed by atoms with Gasteiger partial charge in [-0.1, -0.05) is 36.4 Å². The van der Waals surface area contributed by atoms with E-state index in [4.69, 9.17) is 16.7 Å². The number of amides is 1. The third-order valence-corrected chi connectivity index (χ3v) is 6.41. The molecule has 3 unspecified atom stereocenters. The summed E-state index contributed by atoms with van der Waals surface area (Å²) in [6.45, 7) is 1.53. The van der Waals surface area contributed by atoms with E-state index in [0.29, 0.717) is 5.56 Å². The van der Waals surface area contributed by atoms with Crippen molar-refractivity contribution in [1.29, 1.82) is 5.26 Å². The summed E-state index contributed by atoms with van der Waals surface area (Å²) in [5, 5.41) is 9.17. The van der Waals surface area contributed by atoms with Gasteiger partial charge < -0.3 is 11.5 Å². The average molecular weight is 360 g/mol. The molecule has 4 N–H and O–H groups in total. The number of nitrogens with zero attached hydrogens (tertiary/aromatic N) is 2. The van der Waals surface area contributed by atoms with Crippen molar-refractivity contribution in [2.45, 2.75) is 37.4 Å². The minimum atomic E-state index is -0.713. The summed E-state index contributed by atoms with van der Waals surface area (Å²) in [6, 6.07) is 17.6. The lowest BCUT2D eigenvalue weighted by atomic mass is 9.60. The predicted molar refractivity (Wildman–Crippen MR) is 103 cm³/mol. The van der Waals surface area contributed by atoms with Gasteiger partial charge in [0.25, 0.3) is 0 Å². The zero-order valence-corrected chi connectivity index (χ0v) is 15.3. The molecule has 1 fully saturated rings. The molecule has 0 saturated heterocycles. The van der Waals surface area contributed by atoms with Gasteiger partial charge in [0.1, 0.15) is 5.54 Å². The lowest BCUT2D eigenvalue weighted by Gasteiger charge is -2.56. The zero-order valence-electron chi connectivity index (χ0n) is 15.3. The van der Waals surface area contributed by atoms with Crippen LogP contribution in [0.15, 0.2) is 48.5 Å². The molecular weight excluding hydrogens is 336 g/mol. The maximum absolute atomic E-state index is 12.7. The van der Waals surface area contributed by atoms with E-state index in [2.05, 4.69) is 29.2 Å². The van der Waals surface area contributed by atoms with Crippen molar-refractivity contribution < 1.29 is 4.79 Å². The molecule has 5 heteroatoms. The molecule has 0 radical (unpaired) electrons. The van der Waals surface area contributed by atoms with Gasteiger partial charge in [0, 0.05) is 25.0 Å². The molecule has 2 aliphatic rings. The average Bonchev–Trinajstić information content (AvgIpc) is 2.67. The third kappa shape index (κ3) is 2.82. The van der Waals surface area contributed by atoms with Crippen LogP contribution in [0.5, 0.6) is 0 Å². The highest BCUT2D eigenvalue weighted by molar-refractivity contribution is 5.86. The van der Waals surface area contributed by atoms with Crippen molar-refractivity contribution >= 4 is 5.91 Å². The molecule has 2 aromatic carbocycles. The summed E-state index contributed by atoms with van der Waals surface area (Å²) in [5.74, 6) is -0.334. The van der Waals surface area contributed by atoms with Crippen LogP contribution in [0.1, 0.15) is 41.1 Å². The van der Waals surface area contributed by atoms with Crippen molar-refractivity contribution in [2.75, 3.05) is 6.54 Å². The lowest BCUT2D eigenvalue weighted by molar-refractivity contribution is -0.147. The Morgan fingerprint density at radius 3 is 2.67 bits per heavy atom. The molecule has 1 saturated carbocycles. The largest absolute Gasteiger partial charge is 0.368 e. The maximum Gasteiger partial charge on any atom is 0.238 e. The fraction of sp³-hybridized carbons (Fsp3) is 0.364. The standard InChI is InChI=1S/C22H24N4O/c23-13-15-4-3-7-17(12-15)20(24)19-8-10-22(19,21(25)27)26-11-9-16-5-1-2-6-18(16)14-26/h1-7,12,19-20H,8-11,14,24H2,(H2,25,27). The zero-order chi connectivity index (χ0) is 19.0. The predicted octanol–water partition coefficient (Wildman–Crippen LogP) is 2.25. The van der Waals surface area contributed by atoms with E-state index in [1.54, 1.807) is 6.07 Å². The highest BCUT2D eigenvalue weighted by Crippen LogP contribution is 2.50. The van der Waals surface area contributed by atoms with Crippen molar-refractivity contribution in [3.05, 3.63) is 70.8 Å². The first-order chi connectivity index (χ1) is 13.1. The first kappa shape index (κ1) is 17.7. The Hall–Kier alpha value is -2.68. The van der Waals surface area contributed by atoms with Gasteiger partial charge in [-0.25, -0.2) is 0 Å². The number of primary amides is 1. The molecule has 0 aromatic heterocycles. The smallest absolute Gasteiger partial charge is 0.238 e. The molecule has 0 bridgehead atoms. The van der Waals surface area contributed by atoms with Gasteiger partial charge in [-0.05, 0) is 48.1 Å². The number of nitrogens with two attached hydrogens (primary N) is 2. The van der Waals surface area contributed by atoms with E-state index in [9.17, 15) is 4.79 Å². The molecule has 27 heavy (non-hydrogen) atoms. The van der Waals surface area contributed by atoms with Crippen LogP contribution in [0, 0.1) is 17.2 Å². The van der Waals surface area contributed by atoms with E-state index >= 15 is 0 Å². The Balaban J connectivity index is 1.64. The van der Waals surface area contributed by atoms with Crippen LogP contribution in [-0.2, 0) is 17.8 Å². The van der Waals surface area contributed by atoms with Crippen LogP contribution in [-0.4, -0.2) is 22.9 Å². The summed E-state index contributed by atoms with van der Waals surface area (Å²) < 4.78 is 0. The minimum absolute atomic E-state index is 0.0470. The molecule has 3 atom stereocenters. The number of rotatable bonds is 4. The van der Waals surface area contributed by atoms with Crippen LogP contribution >= 0.6 is 0 Å². The van der Waals surface area contributed by atoms with Gasteiger partial charge in [0.15, 0.2) is 0 Å². The van der Waals surface area contributed by atoms with Gasteiger partial charge in [-0.3, -0.25) is 9.69 Å². The van der Waals surface area contributed by atoms with Crippen LogP contribution in [0.4, 0.5) is 0 Å². The summed E-state index contributed by atoms with van der Waals surface area (Å²) in [7, 11) is 0. The first-order valence-corrected chi connectivity index (χ1v) is 9.43. The van der Waals surface area contributed by atoms with Crippen LogP contribution in [0.3, 0.4) is 0 Å². The van der Waals surface area contributed by atoms with E-state index in [1.165, 1.54) is 11.1 Å². The summed E-state index contributed by atoms with van der Waals surface area (Å²) in [4.78, 5) is 14.9. The molecule has 138 valence electrons. The van der Waals surface area contributed by atoms with Gasteiger partial charge in [-0.15, -0.1) is 0 Å². The Morgan fingerprint density at radius 1 is 1.22 bits per heavy atom. The maximum atomic E-state index is 12.7. The molecular formula is C22H24N4O. The SMILES string of the molecule is N#Cc1cccc(C(N)C2CCC2(C(N)=O)N2CCc3ccccc3C2)c1. The van der Waals surface area contributed by atoms with E-state index in [-0.39, 0.29) is 17.9 Å². The molecule has 2 aromatic rings. The van der Waals surface area contributed by atoms with Crippen molar-refractivity contribution in [3.8, 4) is 6.07 Å². The molecule has 0 spiro atoms. The number of hydrogen-bond acceptors (Lipinski definition) is 4. The third-order valence-electron chi connectivity index (χ3n) is 6.41. The van der Waals surface area contributed by atoms with Crippen molar-refractivity contribution in [3.63, 3.8) is 0 Å². The lowest BCUT2D eigenvalue weighted by Crippen LogP contribution is -2.69. The van der Waals surface area contributed by atoms with Gasteiger partial charge in [0.2, 0.25) is 5.91 Å². The Morgan fingerprint density at radius 2 is 2.00 bits per heavy atom. The van der Waals surface area contributed by atoms with Crippen LogP contribution < -0.4 is 11.5 Å². The fourth-order valence-corrected chi connectivity index (χ4v) is 4.80. The Labute approximate surface area is 159 Å².